The van der Waals surface area contributed by atoms with Crippen LogP contribution < -0.4 is 15.4 Å². The normalized spacial score (nSPS) is 11.4. The van der Waals surface area contributed by atoms with Crippen molar-refractivity contribution < 1.29 is 17.9 Å². The molecule has 1 aromatic carbocycles. The molecule has 0 aromatic heterocycles. The molecule has 8 heteroatoms. The zero-order valence-electron chi connectivity index (χ0n) is 13.8. The van der Waals surface area contributed by atoms with Crippen LogP contribution >= 0.6 is 0 Å². The summed E-state index contributed by atoms with van der Waals surface area (Å²) in [5, 5.41) is 5.79. The molecule has 0 radical (unpaired) electrons. The van der Waals surface area contributed by atoms with Gasteiger partial charge in [-0.25, -0.2) is 13.1 Å². The van der Waals surface area contributed by atoms with E-state index in [-0.39, 0.29) is 24.0 Å². The lowest BCUT2D eigenvalue weighted by atomic mass is 10.1. The summed E-state index contributed by atoms with van der Waals surface area (Å²) in [6, 6.07) is 4.52. The Bertz CT molecular complexity index is 617. The first-order valence-electron chi connectivity index (χ1n) is 7.44. The van der Waals surface area contributed by atoms with E-state index in [2.05, 4.69) is 15.4 Å². The van der Waals surface area contributed by atoms with Crippen molar-refractivity contribution in [2.75, 3.05) is 40.4 Å². The van der Waals surface area contributed by atoms with Gasteiger partial charge < -0.3 is 15.4 Å². The summed E-state index contributed by atoms with van der Waals surface area (Å²) in [5.74, 6) is -0.271. The van der Waals surface area contributed by atoms with Gasteiger partial charge in [0.15, 0.2) is 0 Å². The van der Waals surface area contributed by atoms with Crippen molar-refractivity contribution in [3.8, 4) is 0 Å². The third-order valence-electron chi connectivity index (χ3n) is 3.25. The molecule has 1 aromatic rings. The van der Waals surface area contributed by atoms with E-state index in [0.717, 1.165) is 18.5 Å². The maximum atomic E-state index is 12.2. The topological polar surface area (TPSA) is 96.5 Å². The molecule has 130 valence electrons. The third kappa shape index (κ3) is 6.26. The lowest BCUT2D eigenvalue weighted by Gasteiger charge is -2.11. The Balaban J connectivity index is 2.84. The van der Waals surface area contributed by atoms with Crippen molar-refractivity contribution in [3.63, 3.8) is 0 Å². The minimum atomic E-state index is -3.65. The monoisotopic (exact) mass is 343 g/mol. The van der Waals surface area contributed by atoms with E-state index < -0.39 is 10.0 Å². The van der Waals surface area contributed by atoms with E-state index >= 15 is 0 Å². The number of amides is 1. The van der Waals surface area contributed by atoms with Crippen LogP contribution in [-0.2, 0) is 14.8 Å². The lowest BCUT2D eigenvalue weighted by Crippen LogP contribution is -2.29. The molecule has 7 nitrogen and oxygen atoms in total. The minimum Gasteiger partial charge on any atom is -0.383 e. The largest absolute Gasteiger partial charge is 0.383 e. The Morgan fingerprint density at radius 3 is 2.61 bits per heavy atom. The van der Waals surface area contributed by atoms with Gasteiger partial charge in [-0.1, -0.05) is 6.07 Å². The predicted molar refractivity (Wildman–Crippen MR) is 89.1 cm³/mol. The van der Waals surface area contributed by atoms with Crippen molar-refractivity contribution in [3.05, 3.63) is 29.3 Å². The summed E-state index contributed by atoms with van der Waals surface area (Å²) in [7, 11) is -0.314. The molecule has 0 atom stereocenters. The second-order valence-corrected chi connectivity index (χ2v) is 6.85. The highest BCUT2D eigenvalue weighted by molar-refractivity contribution is 7.89. The van der Waals surface area contributed by atoms with Crippen LogP contribution in [-0.4, -0.2) is 54.7 Å². The van der Waals surface area contributed by atoms with Gasteiger partial charge in [0.05, 0.1) is 11.5 Å². The molecule has 0 spiro atoms. The summed E-state index contributed by atoms with van der Waals surface area (Å²) in [5.41, 5.74) is 1.09. The molecule has 0 aliphatic rings. The van der Waals surface area contributed by atoms with Crippen LogP contribution in [0.1, 0.15) is 22.3 Å². The number of ether oxygens (including phenoxy) is 1. The van der Waals surface area contributed by atoms with Crippen molar-refractivity contribution in [1.29, 1.82) is 0 Å². The van der Waals surface area contributed by atoms with Crippen molar-refractivity contribution >= 4 is 15.9 Å². The highest BCUT2D eigenvalue weighted by Crippen LogP contribution is 2.15. The number of aryl methyl sites for hydroxylation is 1. The summed E-state index contributed by atoms with van der Waals surface area (Å²) in [6.07, 6.45) is 0.803. The molecule has 0 unspecified atom stereocenters. The molecular formula is C15H25N3O4S. The number of sulfonamides is 1. The summed E-state index contributed by atoms with van der Waals surface area (Å²) >= 11 is 0. The SMILES string of the molecule is CNCCCNC(=O)c1cc(S(=O)(=O)NCCOC)ccc1C. The number of methoxy groups -OCH3 is 1. The van der Waals surface area contributed by atoms with Crippen LogP contribution in [0.5, 0.6) is 0 Å². The number of benzene rings is 1. The van der Waals surface area contributed by atoms with E-state index in [4.69, 9.17) is 4.74 Å². The Morgan fingerprint density at radius 1 is 1.22 bits per heavy atom. The quantitative estimate of drug-likeness (QED) is 0.530. The molecule has 0 bridgehead atoms. The van der Waals surface area contributed by atoms with Crippen molar-refractivity contribution in [2.45, 2.75) is 18.2 Å². The van der Waals surface area contributed by atoms with Gasteiger partial charge in [-0.15, -0.1) is 0 Å². The number of carbonyl (C=O) groups is 1. The summed E-state index contributed by atoms with van der Waals surface area (Å²) in [4.78, 5) is 12.3. The Hall–Kier alpha value is -1.48. The molecule has 23 heavy (non-hydrogen) atoms. The van der Waals surface area contributed by atoms with Gasteiger partial charge in [-0.2, -0.15) is 0 Å². The average molecular weight is 343 g/mol. The smallest absolute Gasteiger partial charge is 0.251 e. The van der Waals surface area contributed by atoms with Crippen LogP contribution in [0.25, 0.3) is 0 Å². The van der Waals surface area contributed by atoms with Gasteiger partial charge in [0.2, 0.25) is 10.0 Å². The molecule has 0 saturated heterocycles. The average Bonchev–Trinajstić information content (AvgIpc) is 2.51. The highest BCUT2D eigenvalue weighted by atomic mass is 32.2. The van der Waals surface area contributed by atoms with Gasteiger partial charge in [0.1, 0.15) is 0 Å². The fourth-order valence-corrected chi connectivity index (χ4v) is 2.98. The van der Waals surface area contributed by atoms with Crippen LogP contribution in [0.3, 0.4) is 0 Å². The van der Waals surface area contributed by atoms with Gasteiger partial charge in [-0.05, 0) is 44.6 Å². The van der Waals surface area contributed by atoms with Gasteiger partial charge in [0.25, 0.3) is 5.91 Å². The van der Waals surface area contributed by atoms with E-state index in [1.807, 2.05) is 7.05 Å². The Labute approximate surface area is 137 Å². The van der Waals surface area contributed by atoms with Crippen LogP contribution in [0.2, 0.25) is 0 Å². The second kappa shape index (κ2) is 9.61. The van der Waals surface area contributed by atoms with E-state index in [0.29, 0.717) is 12.1 Å². The Kier molecular flexibility index (Phi) is 8.18. The standard InChI is InChI=1S/C15H25N3O4S/c1-12-5-6-13(23(20,21)18-9-10-22-3)11-14(12)15(19)17-8-4-7-16-2/h5-6,11,16,18H,4,7-10H2,1-3H3,(H,17,19). The number of rotatable bonds is 10. The maximum Gasteiger partial charge on any atom is 0.251 e. The molecule has 0 aliphatic carbocycles. The summed E-state index contributed by atoms with van der Waals surface area (Å²) < 4.78 is 31.6. The second-order valence-electron chi connectivity index (χ2n) is 5.08. The molecule has 1 amide bonds. The lowest BCUT2D eigenvalue weighted by molar-refractivity contribution is 0.0952. The highest BCUT2D eigenvalue weighted by Gasteiger charge is 2.17. The first kappa shape index (κ1) is 19.6. The van der Waals surface area contributed by atoms with Crippen LogP contribution in [0.4, 0.5) is 0 Å². The zero-order chi connectivity index (χ0) is 17.3. The van der Waals surface area contributed by atoms with Crippen LogP contribution in [0.15, 0.2) is 23.1 Å². The van der Waals surface area contributed by atoms with Crippen molar-refractivity contribution in [2.24, 2.45) is 0 Å². The van der Waals surface area contributed by atoms with E-state index in [1.54, 1.807) is 13.0 Å². The predicted octanol–water partition coefficient (Wildman–Crippen LogP) is 0.259. The zero-order valence-corrected chi connectivity index (χ0v) is 14.6. The summed E-state index contributed by atoms with van der Waals surface area (Å²) in [6.45, 7) is 3.57. The molecule has 0 heterocycles. The van der Waals surface area contributed by atoms with E-state index in [1.165, 1.54) is 19.2 Å². The number of hydrogen-bond acceptors (Lipinski definition) is 5. The molecule has 1 rings (SSSR count). The fourth-order valence-electron chi connectivity index (χ4n) is 1.94. The Morgan fingerprint density at radius 2 is 1.96 bits per heavy atom. The number of nitrogens with one attached hydrogen (secondary N) is 3. The first-order valence-corrected chi connectivity index (χ1v) is 8.92. The van der Waals surface area contributed by atoms with Crippen LogP contribution in [0, 0.1) is 6.92 Å². The van der Waals surface area contributed by atoms with Gasteiger partial charge in [0, 0.05) is 25.8 Å². The fraction of sp³-hybridized carbons (Fsp3) is 0.533. The number of carbonyl (C=O) groups excluding carboxylic acids is 1. The maximum absolute atomic E-state index is 12.2. The first-order chi connectivity index (χ1) is 10.9. The van der Waals surface area contributed by atoms with E-state index in [9.17, 15) is 13.2 Å². The van der Waals surface area contributed by atoms with Gasteiger partial charge >= 0.3 is 0 Å². The molecule has 0 saturated carbocycles. The number of hydrogen-bond donors (Lipinski definition) is 3. The minimum absolute atomic E-state index is 0.0691. The van der Waals surface area contributed by atoms with Crippen molar-refractivity contribution in [1.82, 2.24) is 15.4 Å². The molecule has 0 aliphatic heterocycles. The molecular weight excluding hydrogens is 318 g/mol. The molecule has 3 N–H and O–H groups in total. The molecule has 0 fully saturated rings. The third-order valence-corrected chi connectivity index (χ3v) is 4.71. The van der Waals surface area contributed by atoms with Gasteiger partial charge in [-0.3, -0.25) is 4.79 Å².